The summed E-state index contributed by atoms with van der Waals surface area (Å²) in [5.41, 5.74) is 5.65. The minimum absolute atomic E-state index is 0.0646. The predicted octanol–water partition coefficient (Wildman–Crippen LogP) is -1.53. The number of pyridine rings is 1. The zero-order chi connectivity index (χ0) is 14.3. The van der Waals surface area contributed by atoms with Gasteiger partial charge in [0, 0.05) is 12.7 Å². The predicted molar refractivity (Wildman–Crippen MR) is 65.1 cm³/mol. The number of carboxylic acids is 1. The molecule has 0 bridgehead atoms. The average Bonchev–Trinajstić information content (AvgIpc) is 2.42. The fourth-order valence-electron chi connectivity index (χ4n) is 1.17. The van der Waals surface area contributed by atoms with Gasteiger partial charge in [0.25, 0.3) is 0 Å². The Morgan fingerprint density at radius 1 is 1.21 bits per heavy atom. The van der Waals surface area contributed by atoms with E-state index in [9.17, 15) is 14.4 Å². The van der Waals surface area contributed by atoms with E-state index in [2.05, 4.69) is 15.6 Å². The number of carbonyl (C=O) groups is 3. The van der Waals surface area contributed by atoms with Crippen LogP contribution in [0.3, 0.4) is 0 Å². The van der Waals surface area contributed by atoms with E-state index in [-0.39, 0.29) is 31.2 Å². The Kier molecular flexibility index (Phi) is 5.42. The maximum Gasteiger partial charge on any atom is 0.354 e. The van der Waals surface area contributed by atoms with E-state index in [1.807, 2.05) is 0 Å². The molecule has 19 heavy (non-hydrogen) atoms. The van der Waals surface area contributed by atoms with Gasteiger partial charge in [0.1, 0.15) is 5.69 Å². The number of rotatable bonds is 6. The molecule has 0 spiro atoms. The third kappa shape index (κ3) is 5.13. The molecule has 0 unspecified atom stereocenters. The Balaban J connectivity index is 2.37. The summed E-state index contributed by atoms with van der Waals surface area (Å²) in [7, 11) is 0. The molecule has 1 aromatic heterocycles. The van der Waals surface area contributed by atoms with Gasteiger partial charge in [-0.25, -0.2) is 9.78 Å². The maximum atomic E-state index is 11.3. The third-order valence-electron chi connectivity index (χ3n) is 2.17. The number of aromatic carboxylic acids is 1. The molecule has 0 aromatic carbocycles. The highest BCUT2D eigenvalue weighted by Gasteiger charge is 2.06. The SMILES string of the molecule is NCC(=O)NCC(=O)NCc1ccc(C(=O)O)nc1. The molecule has 0 saturated heterocycles. The summed E-state index contributed by atoms with van der Waals surface area (Å²) in [5, 5.41) is 13.5. The van der Waals surface area contributed by atoms with Crippen molar-refractivity contribution >= 4 is 17.8 Å². The van der Waals surface area contributed by atoms with Gasteiger partial charge in [0.15, 0.2) is 0 Å². The first-order chi connectivity index (χ1) is 9.02. The van der Waals surface area contributed by atoms with Crippen LogP contribution in [-0.2, 0) is 16.1 Å². The van der Waals surface area contributed by atoms with Gasteiger partial charge in [0.05, 0.1) is 13.1 Å². The second-order valence-corrected chi connectivity index (χ2v) is 3.61. The Morgan fingerprint density at radius 2 is 1.95 bits per heavy atom. The van der Waals surface area contributed by atoms with Crippen molar-refractivity contribution in [2.24, 2.45) is 5.73 Å². The Morgan fingerprint density at radius 3 is 2.47 bits per heavy atom. The lowest BCUT2D eigenvalue weighted by molar-refractivity contribution is -0.125. The van der Waals surface area contributed by atoms with Crippen molar-refractivity contribution in [1.29, 1.82) is 0 Å². The number of nitrogens with two attached hydrogens (primary N) is 1. The van der Waals surface area contributed by atoms with Crippen LogP contribution in [0.1, 0.15) is 16.1 Å². The summed E-state index contributed by atoms with van der Waals surface area (Å²) >= 11 is 0. The van der Waals surface area contributed by atoms with E-state index in [1.165, 1.54) is 12.3 Å². The molecule has 0 aliphatic heterocycles. The number of nitrogens with zero attached hydrogens (tertiary/aromatic N) is 1. The summed E-state index contributed by atoms with van der Waals surface area (Å²) in [6.07, 6.45) is 1.36. The molecule has 0 fully saturated rings. The highest BCUT2D eigenvalue weighted by atomic mass is 16.4. The van der Waals surface area contributed by atoms with Crippen LogP contribution in [0.25, 0.3) is 0 Å². The second-order valence-electron chi connectivity index (χ2n) is 3.61. The van der Waals surface area contributed by atoms with Crippen molar-refractivity contribution in [3.63, 3.8) is 0 Å². The van der Waals surface area contributed by atoms with E-state index in [1.54, 1.807) is 6.07 Å². The van der Waals surface area contributed by atoms with Crippen LogP contribution in [0, 0.1) is 0 Å². The van der Waals surface area contributed by atoms with Crippen molar-refractivity contribution in [3.05, 3.63) is 29.6 Å². The molecule has 1 aromatic rings. The first kappa shape index (κ1) is 14.6. The summed E-state index contributed by atoms with van der Waals surface area (Å²) in [6, 6.07) is 2.90. The molecule has 5 N–H and O–H groups in total. The fourth-order valence-corrected chi connectivity index (χ4v) is 1.17. The number of carbonyl (C=O) groups excluding carboxylic acids is 2. The largest absolute Gasteiger partial charge is 0.477 e. The standard InChI is InChI=1S/C11H14N4O4/c12-3-9(16)15-6-10(17)14-5-7-1-2-8(11(18)19)13-4-7/h1-2,4H,3,5-6,12H2,(H,14,17)(H,15,16)(H,18,19). The van der Waals surface area contributed by atoms with Gasteiger partial charge in [-0.3, -0.25) is 9.59 Å². The van der Waals surface area contributed by atoms with Crippen molar-refractivity contribution < 1.29 is 19.5 Å². The van der Waals surface area contributed by atoms with E-state index in [4.69, 9.17) is 10.8 Å². The van der Waals surface area contributed by atoms with Crippen molar-refractivity contribution in [2.45, 2.75) is 6.54 Å². The summed E-state index contributed by atoms with van der Waals surface area (Å²) in [5.74, 6) is -1.90. The fraction of sp³-hybridized carbons (Fsp3) is 0.273. The van der Waals surface area contributed by atoms with E-state index in [0.717, 1.165) is 0 Å². The van der Waals surface area contributed by atoms with E-state index in [0.29, 0.717) is 5.56 Å². The highest BCUT2D eigenvalue weighted by molar-refractivity contribution is 5.86. The smallest absolute Gasteiger partial charge is 0.354 e. The van der Waals surface area contributed by atoms with Crippen LogP contribution in [0.5, 0.6) is 0 Å². The molecule has 8 heteroatoms. The van der Waals surface area contributed by atoms with Crippen molar-refractivity contribution in [1.82, 2.24) is 15.6 Å². The number of hydrogen-bond donors (Lipinski definition) is 4. The molecule has 2 amide bonds. The Hall–Kier alpha value is -2.48. The van der Waals surface area contributed by atoms with Crippen molar-refractivity contribution in [3.8, 4) is 0 Å². The number of carboxylic acid groups (broad SMARTS) is 1. The minimum Gasteiger partial charge on any atom is -0.477 e. The lowest BCUT2D eigenvalue weighted by atomic mass is 10.2. The molecule has 0 aliphatic carbocycles. The monoisotopic (exact) mass is 266 g/mol. The molecule has 1 heterocycles. The molecule has 0 aliphatic rings. The van der Waals surface area contributed by atoms with Crippen LogP contribution in [0.15, 0.2) is 18.3 Å². The zero-order valence-electron chi connectivity index (χ0n) is 10.0. The first-order valence-corrected chi connectivity index (χ1v) is 5.44. The Bertz CT molecular complexity index is 472. The van der Waals surface area contributed by atoms with Crippen LogP contribution in [-0.4, -0.2) is 41.0 Å². The van der Waals surface area contributed by atoms with E-state index < -0.39 is 11.9 Å². The van der Waals surface area contributed by atoms with Crippen LogP contribution in [0.2, 0.25) is 0 Å². The Labute approximate surface area is 109 Å². The zero-order valence-corrected chi connectivity index (χ0v) is 10.0. The van der Waals surface area contributed by atoms with Gasteiger partial charge in [-0.15, -0.1) is 0 Å². The van der Waals surface area contributed by atoms with Gasteiger partial charge >= 0.3 is 5.97 Å². The van der Waals surface area contributed by atoms with Gasteiger partial charge < -0.3 is 21.5 Å². The molecule has 1 rings (SSSR count). The molecular weight excluding hydrogens is 252 g/mol. The third-order valence-corrected chi connectivity index (χ3v) is 2.17. The second kappa shape index (κ2) is 7.07. The first-order valence-electron chi connectivity index (χ1n) is 5.44. The molecule has 102 valence electrons. The quantitative estimate of drug-likeness (QED) is 0.493. The maximum absolute atomic E-state index is 11.3. The number of nitrogens with one attached hydrogen (secondary N) is 2. The molecular formula is C11H14N4O4. The molecule has 0 saturated carbocycles. The molecule has 8 nitrogen and oxygen atoms in total. The normalized spacial score (nSPS) is 9.74. The average molecular weight is 266 g/mol. The summed E-state index contributed by atoms with van der Waals surface area (Å²) in [6.45, 7) is -0.130. The van der Waals surface area contributed by atoms with Crippen LogP contribution in [0.4, 0.5) is 0 Å². The van der Waals surface area contributed by atoms with Gasteiger partial charge in [-0.05, 0) is 11.6 Å². The van der Waals surface area contributed by atoms with Crippen LogP contribution < -0.4 is 16.4 Å². The number of amides is 2. The van der Waals surface area contributed by atoms with Crippen molar-refractivity contribution in [2.75, 3.05) is 13.1 Å². The van der Waals surface area contributed by atoms with Gasteiger partial charge in [0.2, 0.25) is 11.8 Å². The lowest BCUT2D eigenvalue weighted by Gasteiger charge is -2.06. The minimum atomic E-state index is -1.11. The van der Waals surface area contributed by atoms with E-state index >= 15 is 0 Å². The molecule has 0 atom stereocenters. The highest BCUT2D eigenvalue weighted by Crippen LogP contribution is 1.99. The summed E-state index contributed by atoms with van der Waals surface area (Å²) < 4.78 is 0. The summed E-state index contributed by atoms with van der Waals surface area (Å²) in [4.78, 5) is 36.4. The van der Waals surface area contributed by atoms with Gasteiger partial charge in [-0.1, -0.05) is 6.07 Å². The topological polar surface area (TPSA) is 134 Å². The number of hydrogen-bond acceptors (Lipinski definition) is 5. The van der Waals surface area contributed by atoms with Gasteiger partial charge in [-0.2, -0.15) is 0 Å². The number of aromatic nitrogens is 1. The molecule has 0 radical (unpaired) electrons. The van der Waals surface area contributed by atoms with Crippen LogP contribution >= 0.6 is 0 Å². The lowest BCUT2D eigenvalue weighted by Crippen LogP contribution is -2.39.